The van der Waals surface area contributed by atoms with E-state index in [0.29, 0.717) is 18.7 Å². The summed E-state index contributed by atoms with van der Waals surface area (Å²) in [6, 6.07) is 15.1. The summed E-state index contributed by atoms with van der Waals surface area (Å²) in [7, 11) is -3.73. The monoisotopic (exact) mass is 358 g/mol. The molecule has 2 unspecified atom stereocenters. The van der Waals surface area contributed by atoms with E-state index in [1.54, 1.807) is 42.5 Å². The maximum absolute atomic E-state index is 13.1. The molecule has 1 aliphatic heterocycles. The highest BCUT2D eigenvalue weighted by Gasteiger charge is 2.35. The molecule has 1 saturated heterocycles. The molecule has 1 heterocycles. The number of hydrogen-bond acceptors (Lipinski definition) is 4. The fourth-order valence-electron chi connectivity index (χ4n) is 3.16. The van der Waals surface area contributed by atoms with E-state index in [9.17, 15) is 13.2 Å². The van der Waals surface area contributed by atoms with E-state index in [0.717, 1.165) is 6.42 Å². The zero-order valence-electron chi connectivity index (χ0n) is 14.1. The van der Waals surface area contributed by atoms with Crippen LogP contribution in [0.5, 0.6) is 0 Å². The van der Waals surface area contributed by atoms with Crippen LogP contribution in [0.3, 0.4) is 0 Å². The second-order valence-corrected chi connectivity index (χ2v) is 8.37. The van der Waals surface area contributed by atoms with E-state index in [2.05, 4.69) is 0 Å². The third-order valence-corrected chi connectivity index (χ3v) is 6.64. The van der Waals surface area contributed by atoms with Crippen molar-refractivity contribution in [2.24, 2.45) is 11.7 Å². The molecular formula is C19H22N2O3S. The summed E-state index contributed by atoms with van der Waals surface area (Å²) in [6.07, 6.45) is 0.742. The summed E-state index contributed by atoms with van der Waals surface area (Å²) in [5.74, 6) is -0.144. The molecule has 25 heavy (non-hydrogen) atoms. The van der Waals surface area contributed by atoms with Crippen LogP contribution in [0.2, 0.25) is 0 Å². The number of ketones is 1. The van der Waals surface area contributed by atoms with Gasteiger partial charge in [-0.25, -0.2) is 8.42 Å². The van der Waals surface area contributed by atoms with Crippen molar-refractivity contribution >= 4 is 15.8 Å². The number of nitrogens with zero attached hydrogens (tertiary/aromatic N) is 1. The Morgan fingerprint density at radius 1 is 1.12 bits per heavy atom. The normalized spacial score (nSPS) is 19.7. The smallest absolute Gasteiger partial charge is 0.243 e. The number of sulfonamides is 1. The van der Waals surface area contributed by atoms with Crippen molar-refractivity contribution in [1.82, 2.24) is 4.31 Å². The maximum Gasteiger partial charge on any atom is 0.243 e. The Hall–Kier alpha value is -2.02. The molecule has 0 aliphatic carbocycles. The highest BCUT2D eigenvalue weighted by molar-refractivity contribution is 7.89. The number of rotatable bonds is 5. The summed E-state index contributed by atoms with van der Waals surface area (Å²) in [4.78, 5) is 12.9. The number of carbonyl (C=O) groups is 1. The molecule has 0 radical (unpaired) electrons. The Kier molecular flexibility index (Phi) is 5.03. The SMILES string of the molecule is CC(N)C1CCN(S(=O)(=O)c2ccccc2C(=O)c2ccccc2)C1. The molecule has 5 nitrogen and oxygen atoms in total. The van der Waals surface area contributed by atoms with Crippen LogP contribution in [0.4, 0.5) is 0 Å². The summed E-state index contributed by atoms with van der Waals surface area (Å²) >= 11 is 0. The van der Waals surface area contributed by atoms with Crippen molar-refractivity contribution in [2.45, 2.75) is 24.3 Å². The summed E-state index contributed by atoms with van der Waals surface area (Å²) in [5, 5.41) is 0. The lowest BCUT2D eigenvalue weighted by molar-refractivity contribution is 0.103. The first-order valence-electron chi connectivity index (χ1n) is 8.36. The van der Waals surface area contributed by atoms with Crippen LogP contribution in [0.15, 0.2) is 59.5 Å². The van der Waals surface area contributed by atoms with Crippen LogP contribution >= 0.6 is 0 Å². The molecule has 1 aliphatic rings. The van der Waals surface area contributed by atoms with Gasteiger partial charge in [-0.15, -0.1) is 0 Å². The highest BCUT2D eigenvalue weighted by Crippen LogP contribution is 2.28. The van der Waals surface area contributed by atoms with Gasteiger partial charge in [-0.05, 0) is 31.4 Å². The number of nitrogens with two attached hydrogens (primary N) is 1. The number of hydrogen-bond donors (Lipinski definition) is 1. The minimum atomic E-state index is -3.73. The van der Waals surface area contributed by atoms with Gasteiger partial charge in [0.15, 0.2) is 5.78 Å². The largest absolute Gasteiger partial charge is 0.328 e. The molecule has 1 fully saturated rings. The Labute approximate surface area is 148 Å². The Morgan fingerprint density at radius 3 is 2.40 bits per heavy atom. The van der Waals surface area contributed by atoms with Crippen molar-refractivity contribution in [3.8, 4) is 0 Å². The van der Waals surface area contributed by atoms with Crippen molar-refractivity contribution in [3.63, 3.8) is 0 Å². The van der Waals surface area contributed by atoms with E-state index >= 15 is 0 Å². The molecule has 2 atom stereocenters. The van der Waals surface area contributed by atoms with Crippen LogP contribution in [0.1, 0.15) is 29.3 Å². The average molecular weight is 358 g/mol. The third-order valence-electron chi connectivity index (χ3n) is 4.72. The predicted molar refractivity (Wildman–Crippen MR) is 96.8 cm³/mol. The van der Waals surface area contributed by atoms with Gasteiger partial charge in [0.25, 0.3) is 0 Å². The molecule has 0 bridgehead atoms. The lowest BCUT2D eigenvalue weighted by Crippen LogP contribution is -2.33. The quantitative estimate of drug-likeness (QED) is 0.832. The fourth-order valence-corrected chi connectivity index (χ4v) is 4.87. The molecule has 0 spiro atoms. The van der Waals surface area contributed by atoms with Crippen molar-refractivity contribution in [3.05, 3.63) is 65.7 Å². The van der Waals surface area contributed by atoms with Gasteiger partial charge in [0, 0.05) is 30.3 Å². The van der Waals surface area contributed by atoms with Crippen molar-refractivity contribution in [2.75, 3.05) is 13.1 Å². The van der Waals surface area contributed by atoms with Gasteiger partial charge in [-0.3, -0.25) is 4.79 Å². The average Bonchev–Trinajstić information content (AvgIpc) is 3.13. The third kappa shape index (κ3) is 3.51. The molecule has 0 saturated carbocycles. The first-order valence-corrected chi connectivity index (χ1v) is 9.80. The van der Waals surface area contributed by atoms with Crippen LogP contribution in [-0.2, 0) is 10.0 Å². The van der Waals surface area contributed by atoms with Crippen molar-refractivity contribution in [1.29, 1.82) is 0 Å². The molecule has 2 N–H and O–H groups in total. The van der Waals surface area contributed by atoms with Gasteiger partial charge in [-0.2, -0.15) is 4.31 Å². The Balaban J connectivity index is 1.97. The Bertz CT molecular complexity index is 863. The molecule has 132 valence electrons. The molecule has 3 rings (SSSR count). The lowest BCUT2D eigenvalue weighted by atomic mass is 10.0. The first kappa shape index (κ1) is 17.8. The topological polar surface area (TPSA) is 80.5 Å². The maximum atomic E-state index is 13.1. The molecule has 6 heteroatoms. The van der Waals surface area contributed by atoms with Gasteiger partial charge < -0.3 is 5.73 Å². The zero-order chi connectivity index (χ0) is 18.0. The van der Waals surface area contributed by atoms with E-state index in [1.165, 1.54) is 10.4 Å². The minimum absolute atomic E-state index is 0.0543. The molecule has 0 amide bonds. The van der Waals surface area contributed by atoms with Crippen LogP contribution in [0.25, 0.3) is 0 Å². The second-order valence-electron chi connectivity index (χ2n) is 6.46. The van der Waals surface area contributed by atoms with Crippen LogP contribution in [-0.4, -0.2) is 37.6 Å². The fraction of sp³-hybridized carbons (Fsp3) is 0.316. The number of benzene rings is 2. The van der Waals surface area contributed by atoms with E-state index in [-0.39, 0.29) is 28.2 Å². The predicted octanol–water partition coefficient (Wildman–Crippen LogP) is 2.28. The summed E-state index contributed by atoms with van der Waals surface area (Å²) < 4.78 is 27.6. The number of carbonyl (C=O) groups excluding carboxylic acids is 1. The van der Waals surface area contributed by atoms with Gasteiger partial charge in [-0.1, -0.05) is 42.5 Å². The molecular weight excluding hydrogens is 336 g/mol. The second kappa shape index (κ2) is 7.07. The molecule has 2 aromatic rings. The summed E-state index contributed by atoms with van der Waals surface area (Å²) in [6.45, 7) is 2.73. The lowest BCUT2D eigenvalue weighted by Gasteiger charge is -2.19. The molecule has 2 aromatic carbocycles. The van der Waals surface area contributed by atoms with E-state index in [4.69, 9.17) is 5.73 Å². The van der Waals surface area contributed by atoms with Gasteiger partial charge in [0.05, 0.1) is 4.90 Å². The van der Waals surface area contributed by atoms with E-state index in [1.807, 2.05) is 13.0 Å². The molecule has 0 aromatic heterocycles. The Morgan fingerprint density at radius 2 is 1.76 bits per heavy atom. The van der Waals surface area contributed by atoms with Crippen LogP contribution < -0.4 is 5.73 Å². The highest BCUT2D eigenvalue weighted by atomic mass is 32.2. The van der Waals surface area contributed by atoms with Gasteiger partial charge in [0.2, 0.25) is 10.0 Å². The van der Waals surface area contributed by atoms with Gasteiger partial charge in [0.1, 0.15) is 0 Å². The van der Waals surface area contributed by atoms with Crippen molar-refractivity contribution < 1.29 is 13.2 Å². The zero-order valence-corrected chi connectivity index (χ0v) is 14.9. The van der Waals surface area contributed by atoms with Crippen LogP contribution in [0, 0.1) is 5.92 Å². The van der Waals surface area contributed by atoms with Gasteiger partial charge >= 0.3 is 0 Å². The summed E-state index contributed by atoms with van der Waals surface area (Å²) in [5.41, 5.74) is 6.60. The standard InChI is InChI=1S/C19H22N2O3S/c1-14(20)16-11-12-21(13-16)25(23,24)18-10-6-5-9-17(18)19(22)15-7-3-2-4-8-15/h2-10,14,16H,11-13,20H2,1H3. The minimum Gasteiger partial charge on any atom is -0.328 e. The first-order chi connectivity index (χ1) is 11.9. The van der Waals surface area contributed by atoms with E-state index < -0.39 is 10.0 Å².